The number of nitrogens with zero attached hydrogens (tertiary/aromatic N) is 1. The summed E-state index contributed by atoms with van der Waals surface area (Å²) < 4.78 is 7.03. The molecular weight excluding hydrogens is 114 g/mol. The van der Waals surface area contributed by atoms with Gasteiger partial charge in [-0.25, -0.2) is 0 Å². The van der Waals surface area contributed by atoms with E-state index in [-0.39, 0.29) is 0 Å². The Bertz CT molecular complexity index is 203. The van der Waals surface area contributed by atoms with Crippen LogP contribution in [0.1, 0.15) is 5.69 Å². The Hall–Kier alpha value is -0.920. The highest BCUT2D eigenvalue weighted by atomic mass is 16.5. The lowest BCUT2D eigenvalue weighted by Crippen LogP contribution is -1.94. The zero-order valence-corrected chi connectivity index (χ0v) is 6.01. The van der Waals surface area contributed by atoms with Gasteiger partial charge in [-0.3, -0.25) is 0 Å². The van der Waals surface area contributed by atoms with Crippen LogP contribution in [0.25, 0.3) is 0 Å². The summed E-state index contributed by atoms with van der Waals surface area (Å²) >= 11 is 0. The molecule has 0 atom stereocenters. The predicted octanol–water partition coefficient (Wildman–Crippen LogP) is 1.34. The monoisotopic (exact) mass is 125 g/mol. The number of hydrogen-bond donors (Lipinski definition) is 0. The molecule has 9 heavy (non-hydrogen) atoms. The van der Waals surface area contributed by atoms with Crippen molar-refractivity contribution in [2.24, 2.45) is 7.05 Å². The largest absolute Gasteiger partial charge is 0.482 e. The molecule has 0 radical (unpaired) electrons. The quantitative estimate of drug-likeness (QED) is 0.552. The molecule has 0 N–H and O–H groups in total. The zero-order valence-electron chi connectivity index (χ0n) is 6.01. The molecule has 0 amide bonds. The van der Waals surface area contributed by atoms with Crippen molar-refractivity contribution in [3.05, 3.63) is 17.8 Å². The molecule has 1 rings (SSSR count). The van der Waals surface area contributed by atoms with Crippen molar-refractivity contribution in [3.63, 3.8) is 0 Å². The van der Waals surface area contributed by atoms with E-state index in [0.717, 1.165) is 5.88 Å². The van der Waals surface area contributed by atoms with Gasteiger partial charge in [0.1, 0.15) is 0 Å². The van der Waals surface area contributed by atoms with E-state index in [4.69, 9.17) is 4.74 Å². The molecule has 1 aromatic heterocycles. The van der Waals surface area contributed by atoms with Crippen LogP contribution in [-0.4, -0.2) is 11.7 Å². The van der Waals surface area contributed by atoms with E-state index in [1.807, 2.05) is 30.7 Å². The summed E-state index contributed by atoms with van der Waals surface area (Å²) in [6.45, 7) is 2.04. The van der Waals surface area contributed by atoms with Crippen LogP contribution in [0, 0.1) is 6.92 Å². The Morgan fingerprint density at radius 1 is 1.44 bits per heavy atom. The Morgan fingerprint density at radius 3 is 2.33 bits per heavy atom. The summed E-state index contributed by atoms with van der Waals surface area (Å²) in [4.78, 5) is 0. The highest BCUT2D eigenvalue weighted by molar-refractivity contribution is 5.19. The maximum Gasteiger partial charge on any atom is 0.193 e. The first-order valence-corrected chi connectivity index (χ1v) is 2.92. The Kier molecular flexibility index (Phi) is 1.47. The van der Waals surface area contributed by atoms with Crippen molar-refractivity contribution in [1.82, 2.24) is 4.57 Å². The molecule has 2 heteroatoms. The first kappa shape index (κ1) is 6.20. The molecule has 2 nitrogen and oxygen atoms in total. The van der Waals surface area contributed by atoms with Crippen LogP contribution in [0.4, 0.5) is 0 Å². The summed E-state index contributed by atoms with van der Waals surface area (Å²) in [7, 11) is 3.66. The molecule has 0 aliphatic heterocycles. The fraction of sp³-hybridized carbons (Fsp3) is 0.429. The fourth-order valence-corrected chi connectivity index (χ4v) is 0.794. The molecule has 1 aromatic rings. The fourth-order valence-electron chi connectivity index (χ4n) is 0.794. The predicted molar refractivity (Wildman–Crippen MR) is 36.7 cm³/mol. The minimum atomic E-state index is 0.910. The zero-order chi connectivity index (χ0) is 6.85. The number of hydrogen-bond acceptors (Lipinski definition) is 1. The molecule has 0 saturated heterocycles. The van der Waals surface area contributed by atoms with E-state index in [1.165, 1.54) is 5.69 Å². The Morgan fingerprint density at radius 2 is 2.11 bits per heavy atom. The number of methoxy groups -OCH3 is 1. The Balaban J connectivity index is 3.04. The summed E-state index contributed by atoms with van der Waals surface area (Å²) in [6, 6.07) is 3.98. The number of aryl methyl sites for hydroxylation is 1. The van der Waals surface area contributed by atoms with Gasteiger partial charge in [0.15, 0.2) is 5.88 Å². The average molecular weight is 125 g/mol. The van der Waals surface area contributed by atoms with E-state index >= 15 is 0 Å². The van der Waals surface area contributed by atoms with Crippen molar-refractivity contribution in [1.29, 1.82) is 0 Å². The molecule has 1 heterocycles. The van der Waals surface area contributed by atoms with Crippen molar-refractivity contribution in [2.45, 2.75) is 6.92 Å². The van der Waals surface area contributed by atoms with Gasteiger partial charge in [-0.2, -0.15) is 0 Å². The third kappa shape index (κ3) is 0.922. The molecule has 0 aromatic carbocycles. The van der Waals surface area contributed by atoms with Gasteiger partial charge >= 0.3 is 0 Å². The lowest BCUT2D eigenvalue weighted by molar-refractivity contribution is 0.381. The van der Waals surface area contributed by atoms with Crippen LogP contribution < -0.4 is 4.74 Å². The lowest BCUT2D eigenvalue weighted by Gasteiger charge is -2.00. The standard InChI is InChI=1S/C7H11NO/c1-6-4-5-7(9-3)8(6)2/h4-5H,1-3H3. The average Bonchev–Trinajstić information content (AvgIpc) is 2.15. The van der Waals surface area contributed by atoms with E-state index in [1.54, 1.807) is 7.11 Å². The first-order valence-electron chi connectivity index (χ1n) is 2.92. The topological polar surface area (TPSA) is 14.2 Å². The second-order valence-corrected chi connectivity index (χ2v) is 2.08. The summed E-state index contributed by atoms with van der Waals surface area (Å²) in [5.74, 6) is 0.910. The molecule has 0 unspecified atom stereocenters. The minimum absolute atomic E-state index is 0.910. The molecule has 0 fully saturated rings. The normalized spacial score (nSPS) is 9.67. The molecule has 0 saturated carbocycles. The number of ether oxygens (including phenoxy) is 1. The van der Waals surface area contributed by atoms with Gasteiger partial charge in [0, 0.05) is 18.8 Å². The van der Waals surface area contributed by atoms with Crippen molar-refractivity contribution in [2.75, 3.05) is 7.11 Å². The van der Waals surface area contributed by atoms with Crippen molar-refractivity contribution < 1.29 is 4.74 Å². The van der Waals surface area contributed by atoms with Crippen LogP contribution in [0.5, 0.6) is 5.88 Å². The first-order chi connectivity index (χ1) is 4.25. The van der Waals surface area contributed by atoms with E-state index in [9.17, 15) is 0 Å². The summed E-state index contributed by atoms with van der Waals surface area (Å²) in [5, 5.41) is 0. The van der Waals surface area contributed by atoms with Gasteiger partial charge in [-0.05, 0) is 13.0 Å². The molecule has 0 bridgehead atoms. The molecule has 0 aliphatic carbocycles. The van der Waals surface area contributed by atoms with Gasteiger partial charge in [0.25, 0.3) is 0 Å². The highest BCUT2D eigenvalue weighted by Gasteiger charge is 1.96. The second kappa shape index (κ2) is 2.13. The highest BCUT2D eigenvalue weighted by Crippen LogP contribution is 2.12. The van der Waals surface area contributed by atoms with Gasteiger partial charge in [-0.15, -0.1) is 0 Å². The molecular formula is C7H11NO. The number of rotatable bonds is 1. The van der Waals surface area contributed by atoms with Crippen LogP contribution in [0.2, 0.25) is 0 Å². The maximum atomic E-state index is 5.03. The molecule has 50 valence electrons. The van der Waals surface area contributed by atoms with Gasteiger partial charge in [-0.1, -0.05) is 0 Å². The molecule has 0 aliphatic rings. The van der Waals surface area contributed by atoms with E-state index in [0.29, 0.717) is 0 Å². The van der Waals surface area contributed by atoms with Crippen LogP contribution in [0.15, 0.2) is 12.1 Å². The second-order valence-electron chi connectivity index (χ2n) is 2.08. The Labute approximate surface area is 55.1 Å². The van der Waals surface area contributed by atoms with Gasteiger partial charge < -0.3 is 9.30 Å². The van der Waals surface area contributed by atoms with Crippen LogP contribution >= 0.6 is 0 Å². The van der Waals surface area contributed by atoms with E-state index in [2.05, 4.69) is 0 Å². The minimum Gasteiger partial charge on any atom is -0.482 e. The van der Waals surface area contributed by atoms with Crippen LogP contribution in [-0.2, 0) is 7.05 Å². The van der Waals surface area contributed by atoms with Crippen molar-refractivity contribution >= 4 is 0 Å². The summed E-state index contributed by atoms with van der Waals surface area (Å²) in [6.07, 6.45) is 0. The maximum absolute atomic E-state index is 5.03. The molecule has 0 spiro atoms. The SMILES string of the molecule is COc1ccc(C)n1C. The van der Waals surface area contributed by atoms with Gasteiger partial charge in [0.05, 0.1) is 7.11 Å². The number of aromatic nitrogens is 1. The smallest absolute Gasteiger partial charge is 0.193 e. The third-order valence-electron chi connectivity index (χ3n) is 1.54. The van der Waals surface area contributed by atoms with Crippen molar-refractivity contribution in [3.8, 4) is 5.88 Å². The van der Waals surface area contributed by atoms with E-state index < -0.39 is 0 Å². The van der Waals surface area contributed by atoms with Gasteiger partial charge in [0.2, 0.25) is 0 Å². The third-order valence-corrected chi connectivity index (χ3v) is 1.54. The summed E-state index contributed by atoms with van der Waals surface area (Å²) in [5.41, 5.74) is 1.21. The lowest BCUT2D eigenvalue weighted by atomic mass is 10.5. The van der Waals surface area contributed by atoms with Crippen LogP contribution in [0.3, 0.4) is 0 Å².